The molecule has 1 unspecified atom stereocenters. The first kappa shape index (κ1) is 38.4. The predicted octanol–water partition coefficient (Wildman–Crippen LogP) is 4.22. The zero-order valence-electron chi connectivity index (χ0n) is 27.4. The van der Waals surface area contributed by atoms with E-state index in [9.17, 15) is 19.5 Å². The van der Waals surface area contributed by atoms with E-state index in [1.54, 1.807) is 24.3 Å². The Morgan fingerprint density at radius 2 is 1.38 bits per heavy atom. The van der Waals surface area contributed by atoms with Gasteiger partial charge in [-0.2, -0.15) is 5.10 Å². The van der Waals surface area contributed by atoms with Gasteiger partial charge in [0, 0.05) is 25.9 Å². The van der Waals surface area contributed by atoms with Gasteiger partial charge >= 0.3 is 5.97 Å². The standard InChI is InChI=1S/C35H38Cl2N4O9/c1-41-34(43)31(26-9-7-24(8-10-26)19-29(35(44)45)40-33(42)32-27(36)20-38-21-28(32)37)30(22-39-41)50-18-17-48-14-13-46-11-12-47-15-16-49-23-25-5-3-2-4-6-25/h2-10,20-22,29H,11-19,23H2,1H3,(H,40,42)(H,44,45). The first-order valence-corrected chi connectivity index (χ1v) is 16.5. The molecule has 2 heterocycles. The fourth-order valence-electron chi connectivity index (χ4n) is 4.63. The molecule has 0 bridgehead atoms. The van der Waals surface area contributed by atoms with Gasteiger partial charge < -0.3 is 34.1 Å². The lowest BCUT2D eigenvalue weighted by Gasteiger charge is -2.16. The number of carboxylic acids is 1. The first-order chi connectivity index (χ1) is 24.2. The van der Waals surface area contributed by atoms with Gasteiger partial charge in [0.05, 0.1) is 80.2 Å². The van der Waals surface area contributed by atoms with Gasteiger partial charge in [-0.1, -0.05) is 77.8 Å². The minimum Gasteiger partial charge on any atom is -0.489 e. The number of rotatable bonds is 21. The van der Waals surface area contributed by atoms with Crippen molar-refractivity contribution in [1.82, 2.24) is 20.1 Å². The zero-order valence-corrected chi connectivity index (χ0v) is 28.9. The molecule has 0 aliphatic rings. The van der Waals surface area contributed by atoms with Crippen molar-refractivity contribution in [1.29, 1.82) is 0 Å². The van der Waals surface area contributed by atoms with Crippen molar-refractivity contribution in [2.24, 2.45) is 7.05 Å². The summed E-state index contributed by atoms with van der Waals surface area (Å²) in [7, 11) is 1.53. The van der Waals surface area contributed by atoms with Crippen LogP contribution in [0.3, 0.4) is 0 Å². The van der Waals surface area contributed by atoms with Crippen LogP contribution in [0, 0.1) is 0 Å². The summed E-state index contributed by atoms with van der Waals surface area (Å²) >= 11 is 12.1. The molecule has 0 spiro atoms. The van der Waals surface area contributed by atoms with Crippen molar-refractivity contribution >= 4 is 35.1 Å². The second-order valence-corrected chi connectivity index (χ2v) is 11.6. The molecule has 0 saturated carbocycles. The highest BCUT2D eigenvalue weighted by molar-refractivity contribution is 6.39. The number of aromatic nitrogens is 3. The summed E-state index contributed by atoms with van der Waals surface area (Å²) in [4.78, 5) is 41.6. The van der Waals surface area contributed by atoms with Crippen molar-refractivity contribution in [2.75, 3.05) is 52.9 Å². The van der Waals surface area contributed by atoms with E-state index in [2.05, 4.69) is 15.4 Å². The third-order valence-electron chi connectivity index (χ3n) is 7.18. The van der Waals surface area contributed by atoms with Crippen LogP contribution >= 0.6 is 23.2 Å². The van der Waals surface area contributed by atoms with E-state index in [0.29, 0.717) is 57.4 Å². The normalized spacial score (nSPS) is 11.7. The molecule has 4 aromatic rings. The van der Waals surface area contributed by atoms with Gasteiger partial charge in [-0.05, 0) is 16.7 Å². The molecular formula is C35H38Cl2N4O9. The number of carbonyl (C=O) groups is 2. The largest absolute Gasteiger partial charge is 0.489 e. The van der Waals surface area contributed by atoms with Crippen LogP contribution in [0.25, 0.3) is 11.1 Å². The van der Waals surface area contributed by atoms with E-state index in [0.717, 1.165) is 5.56 Å². The van der Waals surface area contributed by atoms with Gasteiger partial charge in [0.1, 0.15) is 12.6 Å². The quantitative estimate of drug-likeness (QED) is 0.118. The number of carbonyl (C=O) groups excluding carboxylic acids is 1. The summed E-state index contributed by atoms with van der Waals surface area (Å²) in [6.07, 6.45) is 3.89. The van der Waals surface area contributed by atoms with Gasteiger partial charge in [-0.15, -0.1) is 0 Å². The first-order valence-electron chi connectivity index (χ1n) is 15.7. The van der Waals surface area contributed by atoms with E-state index < -0.39 is 17.9 Å². The summed E-state index contributed by atoms with van der Waals surface area (Å²) in [5.74, 6) is -1.72. The number of pyridine rings is 1. The van der Waals surface area contributed by atoms with Crippen LogP contribution < -0.4 is 15.6 Å². The van der Waals surface area contributed by atoms with Gasteiger partial charge in [0.2, 0.25) is 0 Å². The molecule has 0 aliphatic carbocycles. The number of benzene rings is 2. The molecule has 0 aliphatic heterocycles. The van der Waals surface area contributed by atoms with E-state index in [4.69, 9.17) is 46.9 Å². The number of nitrogens with one attached hydrogen (secondary N) is 1. The molecule has 1 amide bonds. The average molecular weight is 730 g/mol. The smallest absolute Gasteiger partial charge is 0.326 e. The van der Waals surface area contributed by atoms with Crippen molar-refractivity contribution in [3.05, 3.63) is 110 Å². The summed E-state index contributed by atoms with van der Waals surface area (Å²) in [6.45, 7) is 3.58. The van der Waals surface area contributed by atoms with Crippen LogP contribution in [0.2, 0.25) is 10.0 Å². The Balaban J connectivity index is 1.19. The molecular weight excluding hydrogens is 691 g/mol. The minimum atomic E-state index is -1.28. The molecule has 13 nitrogen and oxygen atoms in total. The number of aryl methyl sites for hydroxylation is 1. The number of amides is 1. The highest BCUT2D eigenvalue weighted by Gasteiger charge is 2.24. The van der Waals surface area contributed by atoms with Crippen LogP contribution in [-0.4, -0.2) is 90.6 Å². The summed E-state index contributed by atoms with van der Waals surface area (Å²) in [5, 5.41) is 16.3. The van der Waals surface area contributed by atoms with E-state index >= 15 is 0 Å². The Bertz CT molecular complexity index is 1720. The molecule has 0 saturated heterocycles. The van der Waals surface area contributed by atoms with Crippen LogP contribution in [0.15, 0.2) is 78.0 Å². The van der Waals surface area contributed by atoms with Crippen LogP contribution in [0.4, 0.5) is 0 Å². The van der Waals surface area contributed by atoms with Crippen LogP contribution in [0.5, 0.6) is 5.75 Å². The lowest BCUT2D eigenvalue weighted by Crippen LogP contribution is -2.42. The van der Waals surface area contributed by atoms with Gasteiger partial charge in [0.15, 0.2) is 5.75 Å². The van der Waals surface area contributed by atoms with E-state index in [-0.39, 0.29) is 52.1 Å². The summed E-state index contributed by atoms with van der Waals surface area (Å²) in [5.41, 5.74) is 2.09. The summed E-state index contributed by atoms with van der Waals surface area (Å²) in [6, 6.07) is 15.3. The monoisotopic (exact) mass is 728 g/mol. The molecule has 2 aromatic heterocycles. The summed E-state index contributed by atoms with van der Waals surface area (Å²) < 4.78 is 29.2. The molecule has 2 N–H and O–H groups in total. The molecule has 0 radical (unpaired) electrons. The average Bonchev–Trinajstić information content (AvgIpc) is 3.10. The van der Waals surface area contributed by atoms with Crippen LogP contribution in [0.1, 0.15) is 21.5 Å². The highest BCUT2D eigenvalue weighted by atomic mass is 35.5. The molecule has 2 aromatic carbocycles. The topological polar surface area (TPSA) is 160 Å². The molecule has 1 atom stereocenters. The maximum Gasteiger partial charge on any atom is 0.326 e. The third kappa shape index (κ3) is 11.9. The van der Waals surface area contributed by atoms with Gasteiger partial charge in [-0.25, -0.2) is 9.48 Å². The zero-order chi connectivity index (χ0) is 35.7. The van der Waals surface area contributed by atoms with Gasteiger partial charge in [0.25, 0.3) is 11.5 Å². The Morgan fingerprint density at radius 1 is 0.800 bits per heavy atom. The lowest BCUT2D eigenvalue weighted by atomic mass is 10.0. The molecule has 50 heavy (non-hydrogen) atoms. The molecule has 0 fully saturated rings. The number of hydrogen-bond donors (Lipinski definition) is 2. The number of carboxylic acid groups (broad SMARTS) is 1. The molecule has 266 valence electrons. The fraction of sp³-hybridized carbons (Fsp3) is 0.343. The number of halogens is 2. The Kier molecular flexibility index (Phi) is 15.6. The minimum absolute atomic E-state index is 0.00442. The fourth-order valence-corrected chi connectivity index (χ4v) is 5.17. The Hall–Kier alpha value is -4.37. The van der Waals surface area contributed by atoms with E-state index in [1.807, 2.05) is 30.3 Å². The second-order valence-electron chi connectivity index (χ2n) is 10.8. The SMILES string of the molecule is Cn1ncc(OCCOCCOCCOCCOCc2ccccc2)c(-c2ccc(CC(NC(=O)c3c(Cl)cncc3Cl)C(=O)O)cc2)c1=O. The second kappa shape index (κ2) is 20.3. The van der Waals surface area contributed by atoms with E-state index in [1.165, 1.54) is 30.3 Å². The van der Waals surface area contributed by atoms with Crippen LogP contribution in [-0.2, 0) is 43.8 Å². The lowest BCUT2D eigenvalue weighted by molar-refractivity contribution is -0.139. The Morgan fingerprint density at radius 3 is 1.98 bits per heavy atom. The predicted molar refractivity (Wildman–Crippen MR) is 186 cm³/mol. The number of nitrogens with zero attached hydrogens (tertiary/aromatic N) is 3. The number of ether oxygens (including phenoxy) is 5. The van der Waals surface area contributed by atoms with Crippen molar-refractivity contribution in [3.8, 4) is 16.9 Å². The number of hydrogen-bond acceptors (Lipinski definition) is 10. The van der Waals surface area contributed by atoms with Crippen molar-refractivity contribution in [3.63, 3.8) is 0 Å². The Labute approximate surface area is 299 Å². The molecule has 4 rings (SSSR count). The number of aliphatic carboxylic acids is 1. The van der Waals surface area contributed by atoms with Crippen molar-refractivity contribution in [2.45, 2.75) is 19.1 Å². The van der Waals surface area contributed by atoms with Gasteiger partial charge in [-0.3, -0.25) is 14.6 Å². The molecule has 15 heteroatoms. The maximum atomic E-state index is 13.1. The van der Waals surface area contributed by atoms with Crippen molar-refractivity contribution < 1.29 is 38.4 Å². The maximum absolute atomic E-state index is 13.1. The third-order valence-corrected chi connectivity index (χ3v) is 7.75. The highest BCUT2D eigenvalue weighted by Crippen LogP contribution is 2.27.